The molecule has 0 unspecified atom stereocenters. The third kappa shape index (κ3) is 4.69. The standard InChI is InChI=1S/C20H23N5O2/c1-13(2)15-7-9-16(10-8-15)21-20(26)18(19-22-24-25-23-19)12-14-5-4-6-17(11-14)27-3/h4-11,13,18H,12H2,1-3H3,(H,21,26)(H,22,23,24,25)/t18-/m1/s1. The largest absolute Gasteiger partial charge is 0.497 e. The number of ether oxygens (including phenoxy) is 1. The highest BCUT2D eigenvalue weighted by atomic mass is 16.5. The van der Waals surface area contributed by atoms with Gasteiger partial charge in [-0.25, -0.2) is 0 Å². The van der Waals surface area contributed by atoms with Crippen molar-refractivity contribution in [2.45, 2.75) is 32.1 Å². The van der Waals surface area contributed by atoms with E-state index in [-0.39, 0.29) is 5.91 Å². The van der Waals surface area contributed by atoms with E-state index in [9.17, 15) is 4.79 Å². The van der Waals surface area contributed by atoms with Gasteiger partial charge in [0.25, 0.3) is 0 Å². The molecule has 2 aromatic carbocycles. The number of hydrogen-bond acceptors (Lipinski definition) is 5. The van der Waals surface area contributed by atoms with Crippen LogP contribution < -0.4 is 10.1 Å². The van der Waals surface area contributed by atoms with Gasteiger partial charge in [-0.2, -0.15) is 5.21 Å². The second-order valence-electron chi connectivity index (χ2n) is 6.64. The van der Waals surface area contributed by atoms with Crippen molar-refractivity contribution in [3.05, 3.63) is 65.5 Å². The first-order valence-electron chi connectivity index (χ1n) is 8.84. The van der Waals surface area contributed by atoms with Crippen LogP contribution in [-0.2, 0) is 11.2 Å². The maximum Gasteiger partial charge on any atom is 0.235 e. The minimum absolute atomic E-state index is 0.184. The smallest absolute Gasteiger partial charge is 0.235 e. The van der Waals surface area contributed by atoms with Crippen LogP contribution in [0.1, 0.15) is 42.6 Å². The topological polar surface area (TPSA) is 92.8 Å². The Balaban J connectivity index is 1.79. The molecule has 140 valence electrons. The molecule has 0 aliphatic rings. The number of aromatic nitrogens is 4. The van der Waals surface area contributed by atoms with Gasteiger partial charge in [-0.1, -0.05) is 43.3 Å². The molecule has 27 heavy (non-hydrogen) atoms. The lowest BCUT2D eigenvalue weighted by Crippen LogP contribution is -2.24. The van der Waals surface area contributed by atoms with E-state index in [1.54, 1.807) is 7.11 Å². The van der Waals surface area contributed by atoms with Gasteiger partial charge in [0.2, 0.25) is 5.91 Å². The van der Waals surface area contributed by atoms with Crippen molar-refractivity contribution in [3.63, 3.8) is 0 Å². The summed E-state index contributed by atoms with van der Waals surface area (Å²) >= 11 is 0. The number of tetrazole rings is 1. The first kappa shape index (κ1) is 18.6. The van der Waals surface area contributed by atoms with Gasteiger partial charge in [0, 0.05) is 5.69 Å². The zero-order valence-corrected chi connectivity index (χ0v) is 15.6. The van der Waals surface area contributed by atoms with Crippen LogP contribution in [0.4, 0.5) is 5.69 Å². The molecule has 2 N–H and O–H groups in total. The number of carbonyl (C=O) groups is 1. The highest BCUT2D eigenvalue weighted by Crippen LogP contribution is 2.23. The van der Waals surface area contributed by atoms with E-state index >= 15 is 0 Å². The Kier molecular flexibility index (Phi) is 5.80. The van der Waals surface area contributed by atoms with Crippen LogP contribution in [-0.4, -0.2) is 33.6 Å². The molecule has 7 nitrogen and oxygen atoms in total. The van der Waals surface area contributed by atoms with Gasteiger partial charge < -0.3 is 10.1 Å². The maximum absolute atomic E-state index is 12.9. The van der Waals surface area contributed by atoms with Gasteiger partial charge in [0.05, 0.1) is 7.11 Å². The number of anilines is 1. The van der Waals surface area contributed by atoms with E-state index in [1.807, 2.05) is 48.5 Å². The summed E-state index contributed by atoms with van der Waals surface area (Å²) in [5.74, 6) is 0.783. The second-order valence-corrected chi connectivity index (χ2v) is 6.64. The van der Waals surface area contributed by atoms with Crippen molar-refractivity contribution in [2.24, 2.45) is 0 Å². The van der Waals surface area contributed by atoms with Crippen LogP contribution in [0.15, 0.2) is 48.5 Å². The predicted octanol–water partition coefficient (Wildman–Crippen LogP) is 3.30. The minimum Gasteiger partial charge on any atom is -0.497 e. The molecule has 0 aliphatic heterocycles. The number of H-pyrrole nitrogens is 1. The summed E-state index contributed by atoms with van der Waals surface area (Å²) in [6.07, 6.45) is 0.437. The van der Waals surface area contributed by atoms with Crippen molar-refractivity contribution >= 4 is 11.6 Å². The predicted molar refractivity (Wildman–Crippen MR) is 103 cm³/mol. The third-order valence-corrected chi connectivity index (χ3v) is 4.41. The first-order chi connectivity index (χ1) is 13.1. The summed E-state index contributed by atoms with van der Waals surface area (Å²) in [5, 5.41) is 17.0. The molecule has 3 aromatic rings. The van der Waals surface area contributed by atoms with E-state index < -0.39 is 5.92 Å². The second kappa shape index (κ2) is 8.44. The number of nitrogens with one attached hydrogen (secondary N) is 2. The monoisotopic (exact) mass is 365 g/mol. The van der Waals surface area contributed by atoms with Gasteiger partial charge in [-0.05, 0) is 47.7 Å². The van der Waals surface area contributed by atoms with Crippen molar-refractivity contribution in [1.82, 2.24) is 20.6 Å². The Labute approximate surface area is 158 Å². The average Bonchev–Trinajstić information content (AvgIpc) is 3.21. The normalized spacial score (nSPS) is 12.0. The molecule has 1 atom stereocenters. The third-order valence-electron chi connectivity index (χ3n) is 4.41. The first-order valence-corrected chi connectivity index (χ1v) is 8.84. The molecule has 0 aliphatic carbocycles. The fourth-order valence-corrected chi connectivity index (χ4v) is 2.83. The van der Waals surface area contributed by atoms with Gasteiger partial charge in [0.15, 0.2) is 5.82 Å². The fraction of sp³-hybridized carbons (Fsp3) is 0.300. The van der Waals surface area contributed by atoms with Crippen molar-refractivity contribution < 1.29 is 9.53 Å². The molecule has 0 saturated carbocycles. The molecule has 1 amide bonds. The lowest BCUT2D eigenvalue weighted by molar-refractivity contribution is -0.117. The summed E-state index contributed by atoms with van der Waals surface area (Å²) in [7, 11) is 1.61. The molecule has 0 fully saturated rings. The Bertz CT molecular complexity index is 876. The molecule has 3 rings (SSSR count). The molecule has 1 aromatic heterocycles. The summed E-state index contributed by atoms with van der Waals surface area (Å²) in [5.41, 5.74) is 2.91. The summed E-state index contributed by atoms with van der Waals surface area (Å²) in [6, 6.07) is 15.5. The van der Waals surface area contributed by atoms with E-state index in [1.165, 1.54) is 5.56 Å². The Hall–Kier alpha value is -3.22. The summed E-state index contributed by atoms with van der Waals surface area (Å²) < 4.78 is 5.26. The van der Waals surface area contributed by atoms with Gasteiger partial charge in [0.1, 0.15) is 11.7 Å². The van der Waals surface area contributed by atoms with Gasteiger partial charge >= 0.3 is 0 Å². The highest BCUT2D eigenvalue weighted by molar-refractivity contribution is 5.95. The fourth-order valence-electron chi connectivity index (χ4n) is 2.83. The lowest BCUT2D eigenvalue weighted by atomic mass is 9.97. The van der Waals surface area contributed by atoms with Crippen molar-refractivity contribution in [2.75, 3.05) is 12.4 Å². The number of aromatic amines is 1. The SMILES string of the molecule is COc1cccc(C[C@@H](C(=O)Nc2ccc(C(C)C)cc2)c2nn[nH]n2)c1. The average molecular weight is 365 g/mol. The Morgan fingerprint density at radius 1 is 1.19 bits per heavy atom. The Morgan fingerprint density at radius 2 is 1.96 bits per heavy atom. The molecular weight excluding hydrogens is 342 g/mol. The van der Waals surface area contributed by atoms with E-state index in [2.05, 4.69) is 39.8 Å². The van der Waals surface area contributed by atoms with Crippen molar-refractivity contribution in [1.29, 1.82) is 0 Å². The summed E-state index contributed by atoms with van der Waals surface area (Å²) in [6.45, 7) is 4.27. The zero-order chi connectivity index (χ0) is 19.2. The maximum atomic E-state index is 12.9. The van der Waals surface area contributed by atoms with E-state index in [0.29, 0.717) is 18.2 Å². The summed E-state index contributed by atoms with van der Waals surface area (Å²) in [4.78, 5) is 12.9. The van der Waals surface area contributed by atoms with Gasteiger partial charge in [-0.15, -0.1) is 10.2 Å². The minimum atomic E-state index is -0.569. The van der Waals surface area contributed by atoms with Crippen LogP contribution in [0, 0.1) is 0 Å². The number of nitrogens with zero attached hydrogens (tertiary/aromatic N) is 3. The van der Waals surface area contributed by atoms with Crippen LogP contribution in [0.5, 0.6) is 5.75 Å². The van der Waals surface area contributed by atoms with E-state index in [4.69, 9.17) is 4.74 Å². The van der Waals surface area contributed by atoms with Crippen LogP contribution in [0.3, 0.4) is 0 Å². The lowest BCUT2D eigenvalue weighted by Gasteiger charge is -2.15. The van der Waals surface area contributed by atoms with Crippen LogP contribution >= 0.6 is 0 Å². The van der Waals surface area contributed by atoms with Gasteiger partial charge in [-0.3, -0.25) is 4.79 Å². The number of benzene rings is 2. The molecule has 7 heteroatoms. The molecule has 0 saturated heterocycles. The van der Waals surface area contributed by atoms with Crippen LogP contribution in [0.2, 0.25) is 0 Å². The Morgan fingerprint density at radius 3 is 2.59 bits per heavy atom. The van der Waals surface area contributed by atoms with Crippen LogP contribution in [0.25, 0.3) is 0 Å². The van der Waals surface area contributed by atoms with Crippen molar-refractivity contribution in [3.8, 4) is 5.75 Å². The zero-order valence-electron chi connectivity index (χ0n) is 15.6. The quantitative estimate of drug-likeness (QED) is 0.670. The molecular formula is C20H23N5O2. The molecule has 0 radical (unpaired) electrons. The number of rotatable bonds is 7. The van der Waals surface area contributed by atoms with E-state index in [0.717, 1.165) is 17.0 Å². The highest BCUT2D eigenvalue weighted by Gasteiger charge is 2.25. The number of carbonyl (C=O) groups excluding carboxylic acids is 1. The number of amides is 1. The number of hydrogen-bond donors (Lipinski definition) is 2. The molecule has 0 bridgehead atoms. The molecule has 0 spiro atoms. The molecule has 1 heterocycles. The number of methoxy groups -OCH3 is 1.